The van der Waals surface area contributed by atoms with Crippen molar-refractivity contribution in [2.24, 2.45) is 0 Å². The number of nitrogens with one attached hydrogen (secondary N) is 1. The number of thioether (sulfide) groups is 1. The average molecular weight is 295 g/mol. The minimum absolute atomic E-state index is 0.429. The number of hydrogen-bond donors (Lipinski definition) is 1. The first kappa shape index (κ1) is 15.5. The van der Waals surface area contributed by atoms with E-state index in [9.17, 15) is 0 Å². The molecule has 1 aromatic rings. The summed E-state index contributed by atoms with van der Waals surface area (Å²) in [5, 5.41) is 3.56. The molecule has 1 saturated heterocycles. The predicted molar refractivity (Wildman–Crippen MR) is 86.1 cm³/mol. The summed E-state index contributed by atoms with van der Waals surface area (Å²) in [6, 6.07) is 6.78. The Labute approximate surface area is 126 Å². The number of hydrogen-bond acceptors (Lipinski definition) is 4. The van der Waals surface area contributed by atoms with Crippen LogP contribution in [0.5, 0.6) is 11.5 Å². The van der Waals surface area contributed by atoms with Crippen LogP contribution in [-0.4, -0.2) is 31.3 Å². The lowest BCUT2D eigenvalue weighted by Gasteiger charge is -2.24. The molecule has 0 amide bonds. The van der Waals surface area contributed by atoms with Crippen molar-refractivity contribution in [3.63, 3.8) is 0 Å². The molecule has 1 aliphatic rings. The van der Waals surface area contributed by atoms with Crippen molar-refractivity contribution in [1.82, 2.24) is 5.32 Å². The van der Waals surface area contributed by atoms with Gasteiger partial charge in [0, 0.05) is 24.1 Å². The highest BCUT2D eigenvalue weighted by Crippen LogP contribution is 2.32. The molecule has 1 aliphatic heterocycles. The summed E-state index contributed by atoms with van der Waals surface area (Å²) < 4.78 is 11.6. The molecule has 1 N–H and O–H groups in total. The second-order valence-corrected chi connectivity index (χ2v) is 6.13. The molecule has 0 saturated carbocycles. The predicted octanol–water partition coefficient (Wildman–Crippen LogP) is 3.64. The summed E-state index contributed by atoms with van der Waals surface area (Å²) in [7, 11) is 0. The topological polar surface area (TPSA) is 30.5 Å². The number of benzene rings is 1. The largest absolute Gasteiger partial charge is 0.490 e. The fourth-order valence-electron chi connectivity index (χ4n) is 2.18. The molecule has 1 heterocycles. The van der Waals surface area contributed by atoms with E-state index in [1.54, 1.807) is 0 Å². The maximum absolute atomic E-state index is 5.86. The lowest BCUT2D eigenvalue weighted by atomic mass is 10.1. The second kappa shape index (κ2) is 8.42. The highest BCUT2D eigenvalue weighted by Gasteiger charge is 2.17. The van der Waals surface area contributed by atoms with Crippen LogP contribution in [0.1, 0.15) is 38.3 Å². The van der Waals surface area contributed by atoms with E-state index in [-0.39, 0.29) is 0 Å². The Morgan fingerprint density at radius 3 is 2.55 bits per heavy atom. The summed E-state index contributed by atoms with van der Waals surface area (Å²) >= 11 is 2.01. The smallest absolute Gasteiger partial charge is 0.161 e. The zero-order valence-corrected chi connectivity index (χ0v) is 13.3. The minimum atomic E-state index is 0.429. The highest BCUT2D eigenvalue weighted by atomic mass is 32.2. The molecular weight excluding hydrogens is 270 g/mol. The van der Waals surface area contributed by atoms with Crippen molar-refractivity contribution in [3.05, 3.63) is 23.8 Å². The molecule has 1 aromatic carbocycles. The molecular formula is C16H25NO2S. The van der Waals surface area contributed by atoms with E-state index in [0.29, 0.717) is 6.04 Å². The minimum Gasteiger partial charge on any atom is -0.490 e. The van der Waals surface area contributed by atoms with Gasteiger partial charge in [0.05, 0.1) is 13.2 Å². The van der Waals surface area contributed by atoms with Gasteiger partial charge in [-0.2, -0.15) is 11.8 Å². The van der Waals surface area contributed by atoms with E-state index in [2.05, 4.69) is 37.4 Å². The van der Waals surface area contributed by atoms with Gasteiger partial charge in [-0.15, -0.1) is 0 Å². The molecule has 112 valence electrons. The zero-order valence-electron chi connectivity index (χ0n) is 12.5. The fraction of sp³-hybridized carbons (Fsp3) is 0.625. The van der Waals surface area contributed by atoms with Crippen LogP contribution in [-0.2, 0) is 0 Å². The van der Waals surface area contributed by atoms with Crippen LogP contribution >= 0.6 is 11.8 Å². The molecule has 1 unspecified atom stereocenters. The van der Waals surface area contributed by atoms with Crippen molar-refractivity contribution in [3.8, 4) is 11.5 Å². The molecule has 1 atom stereocenters. The Bertz CT molecular complexity index is 405. The third-order valence-corrected chi connectivity index (χ3v) is 4.28. The van der Waals surface area contributed by atoms with Gasteiger partial charge in [0.15, 0.2) is 11.5 Å². The lowest BCUT2D eigenvalue weighted by Crippen LogP contribution is -2.30. The summed E-state index contributed by atoms with van der Waals surface area (Å²) in [4.78, 5) is 0. The van der Waals surface area contributed by atoms with Gasteiger partial charge in [-0.3, -0.25) is 0 Å². The maximum atomic E-state index is 5.86. The van der Waals surface area contributed by atoms with Gasteiger partial charge in [-0.05, 0) is 30.5 Å². The standard InChI is InChI=1S/C16H25NO2S/c1-3-8-18-15-6-5-13(11-16(15)19-9-4-2)14-12-20-10-7-17-14/h5-6,11,14,17H,3-4,7-10,12H2,1-2H3. The monoisotopic (exact) mass is 295 g/mol. The summed E-state index contributed by atoms with van der Waals surface area (Å²) in [6.07, 6.45) is 2.02. The Kier molecular flexibility index (Phi) is 6.54. The van der Waals surface area contributed by atoms with Crippen molar-refractivity contribution < 1.29 is 9.47 Å². The van der Waals surface area contributed by atoms with E-state index in [1.165, 1.54) is 11.3 Å². The Hall–Kier alpha value is -0.870. The quantitative estimate of drug-likeness (QED) is 0.832. The van der Waals surface area contributed by atoms with Gasteiger partial charge in [-0.25, -0.2) is 0 Å². The normalized spacial score (nSPS) is 18.8. The van der Waals surface area contributed by atoms with E-state index in [1.807, 2.05) is 11.8 Å². The van der Waals surface area contributed by atoms with Gasteiger partial charge < -0.3 is 14.8 Å². The van der Waals surface area contributed by atoms with E-state index in [0.717, 1.165) is 49.9 Å². The average Bonchev–Trinajstić information content (AvgIpc) is 2.52. The van der Waals surface area contributed by atoms with Crippen LogP contribution in [0.2, 0.25) is 0 Å². The van der Waals surface area contributed by atoms with Gasteiger partial charge in [0.2, 0.25) is 0 Å². The SMILES string of the molecule is CCCOc1ccc(C2CSCCN2)cc1OCCC. The molecule has 2 rings (SSSR count). The van der Waals surface area contributed by atoms with Gasteiger partial charge >= 0.3 is 0 Å². The van der Waals surface area contributed by atoms with Crippen LogP contribution in [0, 0.1) is 0 Å². The van der Waals surface area contributed by atoms with Crippen LogP contribution in [0.3, 0.4) is 0 Å². The van der Waals surface area contributed by atoms with Crippen LogP contribution in [0.4, 0.5) is 0 Å². The first-order valence-corrected chi connectivity index (χ1v) is 8.71. The number of rotatable bonds is 7. The lowest BCUT2D eigenvalue weighted by molar-refractivity contribution is 0.268. The third kappa shape index (κ3) is 4.32. The molecule has 0 spiro atoms. The molecule has 4 heteroatoms. The first-order valence-electron chi connectivity index (χ1n) is 7.55. The molecule has 0 aliphatic carbocycles. The van der Waals surface area contributed by atoms with Gasteiger partial charge in [-0.1, -0.05) is 19.9 Å². The highest BCUT2D eigenvalue weighted by molar-refractivity contribution is 7.99. The third-order valence-electron chi connectivity index (χ3n) is 3.22. The van der Waals surface area contributed by atoms with Crippen molar-refractivity contribution >= 4 is 11.8 Å². The molecule has 1 fully saturated rings. The molecule has 0 bridgehead atoms. The van der Waals surface area contributed by atoms with Crippen LogP contribution < -0.4 is 14.8 Å². The van der Waals surface area contributed by atoms with Crippen molar-refractivity contribution in [2.45, 2.75) is 32.7 Å². The van der Waals surface area contributed by atoms with E-state index < -0.39 is 0 Å². The molecule has 0 radical (unpaired) electrons. The van der Waals surface area contributed by atoms with E-state index >= 15 is 0 Å². The molecule has 0 aromatic heterocycles. The Balaban J connectivity index is 2.13. The first-order chi connectivity index (χ1) is 9.85. The van der Waals surface area contributed by atoms with Crippen LogP contribution in [0.15, 0.2) is 18.2 Å². The second-order valence-electron chi connectivity index (χ2n) is 4.98. The van der Waals surface area contributed by atoms with Crippen LogP contribution in [0.25, 0.3) is 0 Å². The summed E-state index contributed by atoms with van der Waals surface area (Å²) in [5.74, 6) is 4.08. The fourth-order valence-corrected chi connectivity index (χ4v) is 3.15. The summed E-state index contributed by atoms with van der Waals surface area (Å²) in [6.45, 7) is 6.78. The molecule has 3 nitrogen and oxygen atoms in total. The van der Waals surface area contributed by atoms with Gasteiger partial charge in [0.25, 0.3) is 0 Å². The van der Waals surface area contributed by atoms with Crippen molar-refractivity contribution in [1.29, 1.82) is 0 Å². The van der Waals surface area contributed by atoms with E-state index in [4.69, 9.17) is 9.47 Å². The number of ether oxygens (including phenoxy) is 2. The molecule has 20 heavy (non-hydrogen) atoms. The van der Waals surface area contributed by atoms with Crippen molar-refractivity contribution in [2.75, 3.05) is 31.3 Å². The summed E-state index contributed by atoms with van der Waals surface area (Å²) in [5.41, 5.74) is 1.30. The zero-order chi connectivity index (χ0) is 14.2. The maximum Gasteiger partial charge on any atom is 0.161 e. The Morgan fingerprint density at radius 1 is 1.15 bits per heavy atom. The Morgan fingerprint density at radius 2 is 1.90 bits per heavy atom. The van der Waals surface area contributed by atoms with Gasteiger partial charge in [0.1, 0.15) is 0 Å².